The minimum atomic E-state index is -3.23. The second-order valence-electron chi connectivity index (χ2n) is 11.2. The van der Waals surface area contributed by atoms with E-state index in [2.05, 4.69) is 22.1 Å². The van der Waals surface area contributed by atoms with Gasteiger partial charge in [-0.3, -0.25) is 18.7 Å². The number of benzene rings is 4. The Morgan fingerprint density at radius 3 is 1.40 bits per heavy atom. The molecule has 4 aromatic carbocycles. The van der Waals surface area contributed by atoms with E-state index in [0.29, 0.717) is 32.2 Å². The molecule has 10 nitrogen and oxygen atoms in total. The van der Waals surface area contributed by atoms with Crippen LogP contribution in [0.25, 0.3) is 0 Å². The number of nitrogens with zero attached hydrogens (tertiary/aromatic N) is 4. The summed E-state index contributed by atoms with van der Waals surface area (Å²) in [4.78, 5) is 34.3. The zero-order valence-corrected chi connectivity index (χ0v) is 29.2. The lowest BCUT2D eigenvalue weighted by atomic mass is 10.2. The molecule has 0 aliphatic heterocycles. The Labute approximate surface area is 295 Å². The number of hydrogen-bond donors (Lipinski definition) is 0. The molecule has 0 aliphatic carbocycles. The summed E-state index contributed by atoms with van der Waals surface area (Å²) >= 11 is 1.70. The first-order valence-corrected chi connectivity index (χ1v) is 18.7. The molecule has 0 atom stereocenters. The molecule has 6 rings (SSSR count). The lowest BCUT2D eigenvalue weighted by Crippen LogP contribution is -2.20. The molecule has 0 aliphatic rings. The predicted octanol–water partition coefficient (Wildman–Crippen LogP) is 5.87. The van der Waals surface area contributed by atoms with E-state index >= 15 is 0 Å². The standard InChI is InChI=1S/C19H18N2O4S.C19H18N2O2S/c1-26(23,24)17-9-7-15(8-10-17)12-21-14-20-18(11-19(21)22)25-13-16-5-3-2-4-6-16;1-24-17-9-7-15(8-10-17)12-21-14-20-18(11-19(21)22)23-13-16-5-3-2-4-6-16/h2-11,14H,12-13H2,1H3;2-11,14H,12-13H2,1H3. The minimum Gasteiger partial charge on any atom is -0.473 e. The van der Waals surface area contributed by atoms with Gasteiger partial charge >= 0.3 is 0 Å². The van der Waals surface area contributed by atoms with E-state index in [0.717, 1.165) is 28.5 Å². The molecule has 0 radical (unpaired) electrons. The summed E-state index contributed by atoms with van der Waals surface area (Å²) in [7, 11) is -3.23. The number of thioether (sulfide) groups is 1. The molecule has 0 saturated carbocycles. The van der Waals surface area contributed by atoms with Crippen molar-refractivity contribution >= 4 is 21.6 Å². The van der Waals surface area contributed by atoms with Crippen LogP contribution in [0.15, 0.2) is 153 Å². The van der Waals surface area contributed by atoms with E-state index in [9.17, 15) is 18.0 Å². The van der Waals surface area contributed by atoms with Crippen molar-refractivity contribution in [3.63, 3.8) is 0 Å². The fraction of sp³-hybridized carbons (Fsp3) is 0.158. The average Bonchev–Trinajstić information content (AvgIpc) is 3.13. The molecular weight excluding hydrogens is 673 g/mol. The molecule has 6 aromatic rings. The highest BCUT2D eigenvalue weighted by Crippen LogP contribution is 2.16. The number of ether oxygens (including phenoxy) is 2. The molecule has 0 N–H and O–H groups in total. The molecule has 0 unspecified atom stereocenters. The van der Waals surface area contributed by atoms with E-state index in [1.807, 2.05) is 79.1 Å². The summed E-state index contributed by atoms with van der Waals surface area (Å²) in [6.45, 7) is 1.53. The fourth-order valence-electron chi connectivity index (χ4n) is 4.64. The van der Waals surface area contributed by atoms with Crippen LogP contribution in [-0.4, -0.2) is 40.0 Å². The van der Waals surface area contributed by atoms with Crippen molar-refractivity contribution in [3.05, 3.63) is 177 Å². The van der Waals surface area contributed by atoms with Crippen LogP contribution in [-0.2, 0) is 36.1 Å². The Hall–Kier alpha value is -5.46. The zero-order chi connectivity index (χ0) is 35.3. The van der Waals surface area contributed by atoms with Gasteiger partial charge in [-0.25, -0.2) is 18.4 Å². The fourth-order valence-corrected chi connectivity index (χ4v) is 5.68. The number of rotatable bonds is 12. The Morgan fingerprint density at radius 2 is 1.02 bits per heavy atom. The number of aromatic nitrogens is 4. The zero-order valence-electron chi connectivity index (χ0n) is 27.6. The van der Waals surface area contributed by atoms with E-state index < -0.39 is 9.84 Å². The van der Waals surface area contributed by atoms with Gasteiger partial charge in [0.2, 0.25) is 11.8 Å². The van der Waals surface area contributed by atoms with Crippen molar-refractivity contribution in [1.82, 2.24) is 19.1 Å². The highest BCUT2D eigenvalue weighted by atomic mass is 32.2. The van der Waals surface area contributed by atoms with Gasteiger partial charge in [-0.05, 0) is 52.8 Å². The molecule has 0 bridgehead atoms. The van der Waals surface area contributed by atoms with Crippen molar-refractivity contribution in [2.45, 2.75) is 36.1 Å². The third-order valence-electron chi connectivity index (χ3n) is 7.38. The van der Waals surface area contributed by atoms with Crippen LogP contribution in [0.3, 0.4) is 0 Å². The molecule has 12 heteroatoms. The Bertz CT molecular complexity index is 2210. The van der Waals surface area contributed by atoms with Crippen molar-refractivity contribution in [2.24, 2.45) is 0 Å². The van der Waals surface area contributed by atoms with Crippen molar-refractivity contribution in [2.75, 3.05) is 12.5 Å². The van der Waals surface area contributed by atoms with Crippen LogP contribution in [0.4, 0.5) is 0 Å². The number of hydrogen-bond acceptors (Lipinski definition) is 9. The second-order valence-corrected chi connectivity index (χ2v) is 14.1. The second kappa shape index (κ2) is 17.3. The summed E-state index contributed by atoms with van der Waals surface area (Å²) in [5, 5.41) is 0. The molecule has 256 valence electrons. The van der Waals surface area contributed by atoms with Gasteiger partial charge in [0.05, 0.1) is 30.1 Å². The Kier molecular flexibility index (Phi) is 12.4. The van der Waals surface area contributed by atoms with E-state index in [1.165, 1.54) is 46.4 Å². The molecule has 0 fully saturated rings. The van der Waals surface area contributed by atoms with Gasteiger partial charge in [0.1, 0.15) is 25.9 Å². The first-order chi connectivity index (χ1) is 24.2. The van der Waals surface area contributed by atoms with Gasteiger partial charge in [-0.1, -0.05) is 84.9 Å². The molecule has 2 heterocycles. The van der Waals surface area contributed by atoms with Gasteiger partial charge in [-0.2, -0.15) is 0 Å². The van der Waals surface area contributed by atoms with Crippen LogP contribution in [0.2, 0.25) is 0 Å². The first-order valence-electron chi connectivity index (χ1n) is 15.5. The van der Waals surface area contributed by atoms with Crippen molar-refractivity contribution in [1.29, 1.82) is 0 Å². The maximum Gasteiger partial charge on any atom is 0.257 e. The highest BCUT2D eigenvalue weighted by Gasteiger charge is 2.08. The minimum absolute atomic E-state index is 0.123. The first kappa shape index (κ1) is 35.8. The van der Waals surface area contributed by atoms with Crippen molar-refractivity contribution in [3.8, 4) is 11.8 Å². The highest BCUT2D eigenvalue weighted by molar-refractivity contribution is 7.98. The smallest absolute Gasteiger partial charge is 0.257 e. The van der Waals surface area contributed by atoms with Gasteiger partial charge in [-0.15, -0.1) is 11.8 Å². The monoisotopic (exact) mass is 708 g/mol. The number of sulfone groups is 1. The summed E-state index contributed by atoms with van der Waals surface area (Å²) in [6, 6.07) is 36.8. The SMILES string of the molecule is CS(=O)(=O)c1ccc(Cn2cnc(OCc3ccccc3)cc2=O)cc1.CSc1ccc(Cn2cnc(OCc3ccccc3)cc2=O)cc1. The van der Waals surface area contributed by atoms with Gasteiger partial charge < -0.3 is 9.47 Å². The lowest BCUT2D eigenvalue weighted by molar-refractivity contribution is 0.291. The maximum absolute atomic E-state index is 12.2. The summed E-state index contributed by atoms with van der Waals surface area (Å²) < 4.78 is 37.1. The molecule has 0 amide bonds. The molecule has 0 saturated heterocycles. The molecular formula is C38H36N4O6S2. The van der Waals surface area contributed by atoms with E-state index in [1.54, 1.807) is 28.5 Å². The van der Waals surface area contributed by atoms with Gasteiger partial charge in [0, 0.05) is 11.2 Å². The van der Waals surface area contributed by atoms with Crippen LogP contribution >= 0.6 is 11.8 Å². The van der Waals surface area contributed by atoms with Gasteiger partial charge in [0.15, 0.2) is 9.84 Å². The molecule has 0 spiro atoms. The largest absolute Gasteiger partial charge is 0.473 e. The van der Waals surface area contributed by atoms with Crippen LogP contribution < -0.4 is 20.6 Å². The lowest BCUT2D eigenvalue weighted by Gasteiger charge is -2.08. The normalized spacial score (nSPS) is 10.9. The maximum atomic E-state index is 12.2. The third-order valence-corrected chi connectivity index (χ3v) is 9.26. The third kappa shape index (κ3) is 10.8. The van der Waals surface area contributed by atoms with Gasteiger partial charge in [0.25, 0.3) is 11.1 Å². The predicted molar refractivity (Wildman–Crippen MR) is 195 cm³/mol. The summed E-state index contributed by atoms with van der Waals surface area (Å²) in [6.07, 6.45) is 6.15. The van der Waals surface area contributed by atoms with Crippen LogP contribution in [0.5, 0.6) is 11.8 Å². The van der Waals surface area contributed by atoms with E-state index in [-0.39, 0.29) is 21.9 Å². The van der Waals surface area contributed by atoms with Crippen LogP contribution in [0.1, 0.15) is 22.3 Å². The molecule has 2 aromatic heterocycles. The molecule has 50 heavy (non-hydrogen) atoms. The Balaban J connectivity index is 0.000000195. The quantitative estimate of drug-likeness (QED) is 0.144. The summed E-state index contributed by atoms with van der Waals surface area (Å²) in [5.41, 5.74) is 3.54. The average molecular weight is 709 g/mol. The van der Waals surface area contributed by atoms with Crippen molar-refractivity contribution < 1.29 is 17.9 Å². The Morgan fingerprint density at radius 1 is 0.600 bits per heavy atom. The van der Waals surface area contributed by atoms with Crippen LogP contribution in [0, 0.1) is 0 Å². The topological polar surface area (TPSA) is 122 Å². The summed E-state index contributed by atoms with van der Waals surface area (Å²) in [5.74, 6) is 0.611. The van der Waals surface area contributed by atoms with E-state index in [4.69, 9.17) is 9.47 Å².